The first kappa shape index (κ1) is 19.8. The molecule has 2 heterocycles. The third-order valence-corrected chi connectivity index (χ3v) is 4.85. The van der Waals surface area contributed by atoms with E-state index in [-0.39, 0.29) is 11.3 Å². The second-order valence-electron chi connectivity index (χ2n) is 6.82. The second kappa shape index (κ2) is 7.71. The number of carbonyl (C=O) groups is 3. The third-order valence-electron chi connectivity index (χ3n) is 4.85. The van der Waals surface area contributed by atoms with Gasteiger partial charge in [-0.05, 0) is 42.8 Å². The lowest BCUT2D eigenvalue weighted by molar-refractivity contribution is -0.384. The van der Waals surface area contributed by atoms with Gasteiger partial charge in [0, 0.05) is 24.0 Å². The number of para-hydroxylation sites is 1. The summed E-state index contributed by atoms with van der Waals surface area (Å²) >= 11 is 0. The van der Waals surface area contributed by atoms with Gasteiger partial charge in [0.25, 0.3) is 17.5 Å². The zero-order chi connectivity index (χ0) is 22.1. The molecule has 31 heavy (non-hydrogen) atoms. The molecule has 1 saturated heterocycles. The predicted molar refractivity (Wildman–Crippen MR) is 113 cm³/mol. The number of nitro benzene ring substituents is 1. The average molecular weight is 416 g/mol. The monoisotopic (exact) mass is 416 g/mol. The lowest BCUT2D eigenvalue weighted by Crippen LogP contribution is -2.54. The van der Waals surface area contributed by atoms with Gasteiger partial charge in [0.1, 0.15) is 5.57 Å². The molecule has 1 N–H and O–H groups in total. The van der Waals surface area contributed by atoms with E-state index in [1.165, 1.54) is 18.2 Å². The maximum absolute atomic E-state index is 13.1. The van der Waals surface area contributed by atoms with Gasteiger partial charge in [-0.15, -0.1) is 0 Å². The fraction of sp³-hybridized carbons (Fsp3) is 0.0455. The van der Waals surface area contributed by atoms with E-state index < -0.39 is 22.8 Å². The minimum Gasteiger partial charge on any atom is -0.317 e. The number of imide groups is 2. The molecule has 1 aromatic heterocycles. The van der Waals surface area contributed by atoms with Crippen molar-refractivity contribution in [3.63, 3.8) is 0 Å². The number of nitrogens with zero attached hydrogens (tertiary/aromatic N) is 3. The molecule has 1 aliphatic heterocycles. The van der Waals surface area contributed by atoms with Gasteiger partial charge in [0.15, 0.2) is 0 Å². The lowest BCUT2D eigenvalue weighted by atomic mass is 10.1. The molecule has 0 bridgehead atoms. The second-order valence-corrected chi connectivity index (χ2v) is 6.82. The SMILES string of the molecule is Cc1ccccc1N1C(=O)NC(=O)/C(=C\c2cccn2-c2cccc([N+](=O)[O-])c2)C1=O. The van der Waals surface area contributed by atoms with Crippen LogP contribution in [0.2, 0.25) is 0 Å². The Hall–Kier alpha value is -4.53. The number of benzene rings is 2. The summed E-state index contributed by atoms with van der Waals surface area (Å²) in [5.74, 6) is -1.57. The van der Waals surface area contributed by atoms with Crippen molar-refractivity contribution in [2.45, 2.75) is 6.92 Å². The first-order valence-electron chi connectivity index (χ1n) is 9.26. The number of nitro groups is 1. The molecule has 9 nitrogen and oxygen atoms in total. The van der Waals surface area contributed by atoms with Crippen molar-refractivity contribution in [2.24, 2.45) is 0 Å². The standard InChI is InChI=1S/C22H16N4O5/c1-14-6-2-3-10-19(14)25-21(28)18(20(27)23-22(25)29)13-16-9-5-11-24(16)15-7-4-8-17(12-15)26(30)31/h2-13H,1H3,(H,23,27,29)/b18-13+. The quantitative estimate of drug-likeness (QED) is 0.303. The summed E-state index contributed by atoms with van der Waals surface area (Å²) in [6.45, 7) is 1.75. The summed E-state index contributed by atoms with van der Waals surface area (Å²) in [6, 6.07) is 15.3. The molecule has 1 fully saturated rings. The zero-order valence-electron chi connectivity index (χ0n) is 16.3. The van der Waals surface area contributed by atoms with E-state index in [0.717, 1.165) is 4.90 Å². The maximum atomic E-state index is 13.1. The van der Waals surface area contributed by atoms with Gasteiger partial charge in [-0.3, -0.25) is 25.0 Å². The van der Waals surface area contributed by atoms with Crippen LogP contribution < -0.4 is 10.2 Å². The molecular formula is C22H16N4O5. The topological polar surface area (TPSA) is 115 Å². The first-order chi connectivity index (χ1) is 14.9. The highest BCUT2D eigenvalue weighted by molar-refractivity contribution is 6.39. The molecule has 0 spiro atoms. The van der Waals surface area contributed by atoms with Crippen molar-refractivity contribution in [1.82, 2.24) is 9.88 Å². The molecule has 154 valence electrons. The maximum Gasteiger partial charge on any atom is 0.335 e. The number of amides is 4. The molecule has 3 aromatic rings. The van der Waals surface area contributed by atoms with Crippen LogP contribution in [0.15, 0.2) is 72.4 Å². The fourth-order valence-corrected chi connectivity index (χ4v) is 3.34. The van der Waals surface area contributed by atoms with Gasteiger partial charge in [-0.1, -0.05) is 24.3 Å². The molecule has 0 saturated carbocycles. The van der Waals surface area contributed by atoms with E-state index in [1.807, 2.05) is 0 Å². The molecule has 0 radical (unpaired) electrons. The number of anilines is 1. The molecule has 0 aliphatic carbocycles. The van der Waals surface area contributed by atoms with Crippen LogP contribution in [-0.4, -0.2) is 27.3 Å². The summed E-state index contributed by atoms with van der Waals surface area (Å²) in [5, 5.41) is 13.3. The molecule has 2 aromatic carbocycles. The van der Waals surface area contributed by atoms with Gasteiger partial charge in [0.05, 0.1) is 16.3 Å². The Bertz CT molecular complexity index is 1270. The fourth-order valence-electron chi connectivity index (χ4n) is 3.34. The van der Waals surface area contributed by atoms with Gasteiger partial charge >= 0.3 is 6.03 Å². The molecule has 1 aliphatic rings. The van der Waals surface area contributed by atoms with E-state index >= 15 is 0 Å². The number of non-ortho nitro benzene ring substituents is 1. The summed E-state index contributed by atoms with van der Waals surface area (Å²) in [4.78, 5) is 49.4. The summed E-state index contributed by atoms with van der Waals surface area (Å²) < 4.78 is 1.61. The van der Waals surface area contributed by atoms with Crippen molar-refractivity contribution >= 4 is 35.3 Å². The van der Waals surface area contributed by atoms with Crippen molar-refractivity contribution in [2.75, 3.05) is 4.90 Å². The molecule has 9 heteroatoms. The number of aromatic nitrogens is 1. The summed E-state index contributed by atoms with van der Waals surface area (Å²) in [7, 11) is 0. The summed E-state index contributed by atoms with van der Waals surface area (Å²) in [6.07, 6.45) is 3.01. The minimum atomic E-state index is -0.824. The molecule has 0 unspecified atom stereocenters. The van der Waals surface area contributed by atoms with Crippen molar-refractivity contribution in [3.05, 3.63) is 93.8 Å². The number of hydrogen-bond donors (Lipinski definition) is 1. The number of nitrogens with one attached hydrogen (secondary N) is 1. The third kappa shape index (κ3) is 3.60. The Balaban J connectivity index is 1.77. The van der Waals surface area contributed by atoms with E-state index in [0.29, 0.717) is 22.6 Å². The normalized spacial score (nSPS) is 15.3. The number of rotatable bonds is 4. The van der Waals surface area contributed by atoms with Gasteiger partial charge in [0.2, 0.25) is 0 Å². The van der Waals surface area contributed by atoms with E-state index in [4.69, 9.17) is 0 Å². The number of barbiturate groups is 1. The highest BCUT2D eigenvalue weighted by Crippen LogP contribution is 2.26. The highest BCUT2D eigenvalue weighted by Gasteiger charge is 2.37. The number of hydrogen-bond acceptors (Lipinski definition) is 5. The first-order valence-corrected chi connectivity index (χ1v) is 9.26. The minimum absolute atomic E-state index is 0.0902. The van der Waals surface area contributed by atoms with Crippen molar-refractivity contribution < 1.29 is 19.3 Å². The van der Waals surface area contributed by atoms with Crippen LogP contribution in [0, 0.1) is 17.0 Å². The van der Waals surface area contributed by atoms with Crippen LogP contribution >= 0.6 is 0 Å². The zero-order valence-corrected chi connectivity index (χ0v) is 16.3. The Morgan fingerprint density at radius 1 is 1.00 bits per heavy atom. The van der Waals surface area contributed by atoms with E-state index in [1.54, 1.807) is 66.2 Å². The lowest BCUT2D eigenvalue weighted by Gasteiger charge is -2.27. The Labute approximate surface area is 176 Å². The molecular weight excluding hydrogens is 400 g/mol. The number of aryl methyl sites for hydroxylation is 1. The van der Waals surface area contributed by atoms with E-state index in [9.17, 15) is 24.5 Å². The van der Waals surface area contributed by atoms with Crippen LogP contribution in [-0.2, 0) is 9.59 Å². The van der Waals surface area contributed by atoms with Gasteiger partial charge < -0.3 is 4.57 Å². The Morgan fingerprint density at radius 3 is 2.52 bits per heavy atom. The Morgan fingerprint density at radius 2 is 1.77 bits per heavy atom. The van der Waals surface area contributed by atoms with Gasteiger partial charge in [-0.2, -0.15) is 0 Å². The van der Waals surface area contributed by atoms with E-state index in [2.05, 4.69) is 5.32 Å². The van der Waals surface area contributed by atoms with Crippen LogP contribution in [0.1, 0.15) is 11.3 Å². The molecule has 4 rings (SSSR count). The van der Waals surface area contributed by atoms with Crippen molar-refractivity contribution in [1.29, 1.82) is 0 Å². The largest absolute Gasteiger partial charge is 0.335 e. The predicted octanol–water partition coefficient (Wildman–Crippen LogP) is 3.36. The molecule has 0 atom stereocenters. The van der Waals surface area contributed by atoms with Crippen LogP contribution in [0.3, 0.4) is 0 Å². The van der Waals surface area contributed by atoms with Crippen LogP contribution in [0.4, 0.5) is 16.2 Å². The number of urea groups is 1. The number of carbonyl (C=O) groups excluding carboxylic acids is 3. The Kier molecular flexibility index (Phi) is 4.92. The average Bonchev–Trinajstić information content (AvgIpc) is 3.21. The smallest absolute Gasteiger partial charge is 0.317 e. The molecule has 4 amide bonds. The van der Waals surface area contributed by atoms with Crippen LogP contribution in [0.5, 0.6) is 0 Å². The highest BCUT2D eigenvalue weighted by atomic mass is 16.6. The van der Waals surface area contributed by atoms with Crippen molar-refractivity contribution in [3.8, 4) is 5.69 Å². The summed E-state index contributed by atoms with van der Waals surface area (Å²) in [5.41, 5.74) is 1.68. The van der Waals surface area contributed by atoms with Crippen LogP contribution in [0.25, 0.3) is 11.8 Å². The van der Waals surface area contributed by atoms with Gasteiger partial charge in [-0.25, -0.2) is 9.69 Å².